The van der Waals surface area contributed by atoms with Crippen LogP contribution in [0.25, 0.3) is 0 Å². The van der Waals surface area contributed by atoms with Gasteiger partial charge in [0.05, 0.1) is 5.69 Å². The maximum absolute atomic E-state index is 12.6. The lowest BCUT2D eigenvalue weighted by atomic mass is 10.0. The minimum atomic E-state index is -0.952. The third-order valence-electron chi connectivity index (χ3n) is 4.17. The maximum atomic E-state index is 12.6. The van der Waals surface area contributed by atoms with E-state index in [1.807, 2.05) is 37.3 Å². The van der Waals surface area contributed by atoms with E-state index in [9.17, 15) is 9.59 Å². The van der Waals surface area contributed by atoms with Crippen molar-refractivity contribution < 1.29 is 9.59 Å². The predicted octanol–water partition coefficient (Wildman–Crippen LogP) is 3.19. The summed E-state index contributed by atoms with van der Waals surface area (Å²) in [6, 6.07) is 9.38. The summed E-state index contributed by atoms with van der Waals surface area (Å²) in [6.07, 6.45) is 4.52. The number of hydrogen-bond acceptors (Lipinski definition) is 3. The van der Waals surface area contributed by atoms with E-state index in [-0.39, 0.29) is 11.8 Å². The third kappa shape index (κ3) is 3.48. The third-order valence-corrected chi connectivity index (χ3v) is 4.82. The van der Waals surface area contributed by atoms with Gasteiger partial charge in [-0.2, -0.15) is 0 Å². The van der Waals surface area contributed by atoms with Crippen molar-refractivity contribution in [1.82, 2.24) is 10.3 Å². The number of halogens is 1. The Bertz CT molecular complexity index is 773. The molecule has 124 valence electrons. The highest BCUT2D eigenvalue weighted by Gasteiger charge is 2.56. The van der Waals surface area contributed by atoms with Crippen molar-refractivity contribution in [3.63, 3.8) is 0 Å². The molecule has 2 N–H and O–H groups in total. The van der Waals surface area contributed by atoms with Crippen molar-refractivity contribution in [2.24, 2.45) is 5.41 Å². The van der Waals surface area contributed by atoms with Gasteiger partial charge in [0, 0.05) is 23.4 Å². The summed E-state index contributed by atoms with van der Waals surface area (Å²) in [5.41, 5.74) is 1.72. The quantitative estimate of drug-likeness (QED) is 0.773. The number of nitrogens with zero attached hydrogens (tertiary/aromatic N) is 1. The molecule has 3 rings (SSSR count). The predicted molar refractivity (Wildman–Crippen MR) is 95.3 cm³/mol. The Labute approximate surface area is 149 Å². The molecule has 1 aromatic carbocycles. The first-order valence-corrected chi connectivity index (χ1v) is 8.55. The van der Waals surface area contributed by atoms with Crippen LogP contribution in [0, 0.1) is 12.3 Å². The number of aryl methyl sites for hydroxylation is 1. The molecule has 0 atom stereocenters. The molecule has 1 fully saturated rings. The Kier molecular flexibility index (Phi) is 4.66. The van der Waals surface area contributed by atoms with Crippen LogP contribution in [-0.2, 0) is 16.1 Å². The maximum Gasteiger partial charge on any atom is 0.240 e. The fourth-order valence-electron chi connectivity index (χ4n) is 2.50. The molecular formula is C18H18BrN3O2. The van der Waals surface area contributed by atoms with Crippen molar-refractivity contribution in [2.75, 3.05) is 5.32 Å². The average Bonchev–Trinajstić information content (AvgIpc) is 3.38. The number of pyridine rings is 1. The van der Waals surface area contributed by atoms with Crippen molar-refractivity contribution >= 4 is 33.4 Å². The molecule has 0 spiro atoms. The lowest BCUT2D eigenvalue weighted by Crippen LogP contribution is -2.39. The van der Waals surface area contributed by atoms with Crippen LogP contribution in [0.5, 0.6) is 0 Å². The highest BCUT2D eigenvalue weighted by Crippen LogP contribution is 2.47. The number of benzene rings is 1. The number of amides is 2. The summed E-state index contributed by atoms with van der Waals surface area (Å²) in [4.78, 5) is 29.1. The first-order valence-electron chi connectivity index (χ1n) is 7.76. The molecule has 2 amide bonds. The average molecular weight is 388 g/mol. The van der Waals surface area contributed by atoms with Crippen LogP contribution in [0.1, 0.15) is 24.0 Å². The number of aromatic nitrogens is 1. The number of carbonyl (C=O) groups is 2. The van der Waals surface area contributed by atoms with E-state index in [4.69, 9.17) is 0 Å². The summed E-state index contributed by atoms with van der Waals surface area (Å²) >= 11 is 3.44. The van der Waals surface area contributed by atoms with Crippen molar-refractivity contribution in [3.8, 4) is 0 Å². The van der Waals surface area contributed by atoms with E-state index >= 15 is 0 Å². The summed E-state index contributed by atoms with van der Waals surface area (Å²) in [6.45, 7) is 2.35. The first-order chi connectivity index (χ1) is 11.5. The minimum absolute atomic E-state index is 0.230. The molecule has 0 bridgehead atoms. The Hall–Kier alpha value is -2.21. The summed E-state index contributed by atoms with van der Waals surface area (Å²) in [5, 5.41) is 5.70. The number of hydrogen-bond donors (Lipinski definition) is 2. The Morgan fingerprint density at radius 2 is 2.04 bits per heavy atom. The van der Waals surface area contributed by atoms with Gasteiger partial charge in [-0.15, -0.1) is 0 Å². The number of carbonyl (C=O) groups excluding carboxylic acids is 2. The Morgan fingerprint density at radius 3 is 2.67 bits per heavy atom. The number of anilines is 1. The smallest absolute Gasteiger partial charge is 0.240 e. The molecule has 6 heteroatoms. The van der Waals surface area contributed by atoms with E-state index < -0.39 is 5.41 Å². The highest BCUT2D eigenvalue weighted by atomic mass is 79.9. The molecule has 1 aromatic heterocycles. The second kappa shape index (κ2) is 6.73. The van der Waals surface area contributed by atoms with Crippen LogP contribution in [0.15, 0.2) is 47.2 Å². The summed E-state index contributed by atoms with van der Waals surface area (Å²) < 4.78 is 0.808. The van der Waals surface area contributed by atoms with Gasteiger partial charge in [-0.05, 0) is 65.0 Å². The molecule has 1 aliphatic rings. The SMILES string of the molecule is Cc1ccc(NC(=O)C2(C(=O)NCc3cccnc3)CC2)c(Br)c1. The van der Waals surface area contributed by atoms with Gasteiger partial charge in [-0.1, -0.05) is 12.1 Å². The summed E-state index contributed by atoms with van der Waals surface area (Å²) in [7, 11) is 0. The first kappa shape index (κ1) is 16.6. The monoisotopic (exact) mass is 387 g/mol. The van der Waals surface area contributed by atoms with Gasteiger partial charge in [0.1, 0.15) is 5.41 Å². The largest absolute Gasteiger partial charge is 0.351 e. The molecule has 0 radical (unpaired) electrons. The summed E-state index contributed by atoms with van der Waals surface area (Å²) in [5.74, 6) is -0.483. The molecule has 24 heavy (non-hydrogen) atoms. The minimum Gasteiger partial charge on any atom is -0.351 e. The lowest BCUT2D eigenvalue weighted by Gasteiger charge is -2.16. The van der Waals surface area contributed by atoms with Crippen LogP contribution in [0.3, 0.4) is 0 Å². The normalized spacial score (nSPS) is 14.8. The van der Waals surface area contributed by atoms with E-state index in [1.165, 1.54) is 0 Å². The van der Waals surface area contributed by atoms with E-state index in [2.05, 4.69) is 31.5 Å². The zero-order valence-electron chi connectivity index (χ0n) is 13.3. The topological polar surface area (TPSA) is 71.1 Å². The zero-order valence-corrected chi connectivity index (χ0v) is 14.9. The van der Waals surface area contributed by atoms with Gasteiger partial charge >= 0.3 is 0 Å². The van der Waals surface area contributed by atoms with Crippen molar-refractivity contribution in [1.29, 1.82) is 0 Å². The Balaban J connectivity index is 1.64. The van der Waals surface area contributed by atoms with Crippen LogP contribution in [0.4, 0.5) is 5.69 Å². The van der Waals surface area contributed by atoms with Gasteiger partial charge < -0.3 is 10.6 Å². The molecule has 5 nitrogen and oxygen atoms in total. The van der Waals surface area contributed by atoms with E-state index in [0.29, 0.717) is 25.1 Å². The standard InChI is InChI=1S/C18H18BrN3O2/c1-12-4-5-15(14(19)9-12)22-17(24)18(6-7-18)16(23)21-11-13-3-2-8-20-10-13/h2-5,8-10H,6-7,11H2,1H3,(H,21,23)(H,22,24). The van der Waals surface area contributed by atoms with E-state index in [0.717, 1.165) is 15.6 Å². The van der Waals surface area contributed by atoms with Crippen LogP contribution >= 0.6 is 15.9 Å². The van der Waals surface area contributed by atoms with Crippen LogP contribution in [0.2, 0.25) is 0 Å². The molecule has 0 aliphatic heterocycles. The fourth-order valence-corrected chi connectivity index (χ4v) is 3.09. The molecule has 1 aliphatic carbocycles. The van der Waals surface area contributed by atoms with Crippen molar-refractivity contribution in [3.05, 3.63) is 58.3 Å². The second-order valence-electron chi connectivity index (χ2n) is 6.06. The van der Waals surface area contributed by atoms with E-state index in [1.54, 1.807) is 12.4 Å². The molecule has 1 heterocycles. The van der Waals surface area contributed by atoms with Crippen LogP contribution < -0.4 is 10.6 Å². The molecule has 0 saturated heterocycles. The molecule has 0 unspecified atom stereocenters. The lowest BCUT2D eigenvalue weighted by molar-refractivity contribution is -0.134. The molecule has 1 saturated carbocycles. The van der Waals surface area contributed by atoms with Gasteiger partial charge in [0.15, 0.2) is 0 Å². The molecule has 2 aromatic rings. The zero-order chi connectivity index (χ0) is 17.2. The number of rotatable bonds is 5. The van der Waals surface area contributed by atoms with Gasteiger partial charge in [0.25, 0.3) is 0 Å². The molecular weight excluding hydrogens is 370 g/mol. The van der Waals surface area contributed by atoms with Crippen LogP contribution in [-0.4, -0.2) is 16.8 Å². The second-order valence-corrected chi connectivity index (χ2v) is 6.92. The van der Waals surface area contributed by atoms with Gasteiger partial charge in [0.2, 0.25) is 11.8 Å². The van der Waals surface area contributed by atoms with Crippen molar-refractivity contribution in [2.45, 2.75) is 26.3 Å². The van der Waals surface area contributed by atoms with Gasteiger partial charge in [-0.3, -0.25) is 14.6 Å². The number of nitrogens with one attached hydrogen (secondary N) is 2. The highest BCUT2D eigenvalue weighted by molar-refractivity contribution is 9.10. The fraction of sp³-hybridized carbons (Fsp3) is 0.278. The van der Waals surface area contributed by atoms with Gasteiger partial charge in [-0.25, -0.2) is 0 Å². The Morgan fingerprint density at radius 1 is 1.25 bits per heavy atom.